The molecule has 0 fully saturated rings. The molecule has 0 unspecified atom stereocenters. The molecule has 4 N–H and O–H groups in total. The van der Waals surface area contributed by atoms with Crippen molar-refractivity contribution in [3.05, 3.63) is 59.7 Å². The van der Waals surface area contributed by atoms with E-state index in [4.69, 9.17) is 9.84 Å². The predicted octanol–water partition coefficient (Wildman–Crippen LogP) is 2.50. The Kier molecular flexibility index (Phi) is 7.48. The normalized spacial score (nSPS) is 14.2. The van der Waals surface area contributed by atoms with Gasteiger partial charge < -0.3 is 25.6 Å². The summed E-state index contributed by atoms with van der Waals surface area (Å²) in [6, 6.07) is 15.6. The number of alkyl carbamates (subject to hydrolysis) is 1. The molecule has 0 saturated heterocycles. The van der Waals surface area contributed by atoms with Crippen LogP contribution in [0.5, 0.6) is 0 Å². The Hall–Kier alpha value is -3.39. The lowest BCUT2D eigenvalue weighted by Crippen LogP contribution is -2.44. The lowest BCUT2D eigenvalue weighted by atomic mass is 9.98. The van der Waals surface area contributed by atoms with E-state index < -0.39 is 36.7 Å². The van der Waals surface area contributed by atoms with Crippen LogP contribution in [0.2, 0.25) is 0 Å². The van der Waals surface area contributed by atoms with E-state index in [9.17, 15) is 19.5 Å². The minimum absolute atomic E-state index is 0.0613. The van der Waals surface area contributed by atoms with E-state index >= 15 is 0 Å². The van der Waals surface area contributed by atoms with E-state index in [1.54, 1.807) is 0 Å². The van der Waals surface area contributed by atoms with Gasteiger partial charge in [0.25, 0.3) is 0 Å². The maximum absolute atomic E-state index is 12.5. The summed E-state index contributed by atoms with van der Waals surface area (Å²) in [5.74, 6) is -2.01. The van der Waals surface area contributed by atoms with Gasteiger partial charge in [0.2, 0.25) is 5.91 Å². The van der Waals surface area contributed by atoms with Gasteiger partial charge in [0, 0.05) is 18.4 Å². The van der Waals surface area contributed by atoms with Crippen LogP contribution < -0.4 is 10.6 Å². The summed E-state index contributed by atoms with van der Waals surface area (Å²) < 4.78 is 5.53. The Morgan fingerprint density at radius 3 is 2.09 bits per heavy atom. The van der Waals surface area contributed by atoms with Crippen molar-refractivity contribution in [1.29, 1.82) is 0 Å². The van der Waals surface area contributed by atoms with Crippen LogP contribution in [-0.4, -0.2) is 53.5 Å². The first-order chi connectivity index (χ1) is 15.3. The van der Waals surface area contributed by atoms with Crippen molar-refractivity contribution < 1.29 is 29.3 Å². The number of aliphatic hydroxyl groups excluding tert-OH is 1. The number of aliphatic carboxylic acids is 1. The van der Waals surface area contributed by atoms with E-state index in [1.807, 2.05) is 50.2 Å². The molecule has 0 radical (unpaired) electrons. The number of rotatable bonds is 9. The van der Waals surface area contributed by atoms with Crippen molar-refractivity contribution in [2.24, 2.45) is 5.92 Å². The Morgan fingerprint density at radius 2 is 1.56 bits per heavy atom. The SMILES string of the molecule is CC(C)[C@@H](CC(=O)NC[C@H](O)C(=O)O)NC(=O)OCC1c2ccccc2-c2ccccc21. The fourth-order valence-corrected chi connectivity index (χ4v) is 3.81. The van der Waals surface area contributed by atoms with Crippen LogP contribution in [0, 0.1) is 5.92 Å². The summed E-state index contributed by atoms with van der Waals surface area (Å²) in [7, 11) is 0. The van der Waals surface area contributed by atoms with E-state index in [1.165, 1.54) is 0 Å². The first kappa shape index (κ1) is 23.3. The number of hydrogen-bond donors (Lipinski definition) is 4. The predicted molar refractivity (Wildman–Crippen MR) is 118 cm³/mol. The molecule has 2 atom stereocenters. The lowest BCUT2D eigenvalue weighted by molar-refractivity contribution is -0.146. The highest BCUT2D eigenvalue weighted by atomic mass is 16.5. The number of carbonyl (C=O) groups excluding carboxylic acids is 2. The summed E-state index contributed by atoms with van der Waals surface area (Å²) in [5, 5.41) is 23.0. The zero-order valence-corrected chi connectivity index (χ0v) is 18.1. The number of nitrogens with one attached hydrogen (secondary N) is 2. The number of amides is 2. The zero-order valence-electron chi connectivity index (χ0n) is 18.1. The molecule has 1 aliphatic carbocycles. The van der Waals surface area contributed by atoms with E-state index in [0.29, 0.717) is 0 Å². The van der Waals surface area contributed by atoms with Crippen molar-refractivity contribution in [2.75, 3.05) is 13.2 Å². The van der Waals surface area contributed by atoms with Crippen molar-refractivity contribution >= 4 is 18.0 Å². The molecule has 8 nitrogen and oxygen atoms in total. The number of fused-ring (bicyclic) bond motifs is 3. The molecule has 3 rings (SSSR count). The number of carboxylic acid groups (broad SMARTS) is 1. The molecule has 0 saturated carbocycles. The largest absolute Gasteiger partial charge is 0.479 e. The number of carboxylic acids is 1. The van der Waals surface area contributed by atoms with Crippen LogP contribution in [0.4, 0.5) is 4.79 Å². The Balaban J connectivity index is 1.57. The Bertz CT molecular complexity index is 944. The fraction of sp³-hybridized carbons (Fsp3) is 0.375. The van der Waals surface area contributed by atoms with Gasteiger partial charge in [-0.05, 0) is 28.2 Å². The number of aliphatic hydroxyl groups is 1. The molecular weight excluding hydrogens is 412 g/mol. The third-order valence-corrected chi connectivity index (χ3v) is 5.63. The first-order valence-corrected chi connectivity index (χ1v) is 10.6. The highest BCUT2D eigenvalue weighted by Crippen LogP contribution is 2.44. The summed E-state index contributed by atoms with van der Waals surface area (Å²) in [6.07, 6.45) is -2.36. The van der Waals surface area contributed by atoms with Gasteiger partial charge in [-0.25, -0.2) is 9.59 Å². The summed E-state index contributed by atoms with van der Waals surface area (Å²) in [5.41, 5.74) is 4.49. The molecule has 32 heavy (non-hydrogen) atoms. The molecule has 0 bridgehead atoms. The molecule has 0 aromatic heterocycles. The fourth-order valence-electron chi connectivity index (χ4n) is 3.81. The van der Waals surface area contributed by atoms with Gasteiger partial charge in [-0.3, -0.25) is 4.79 Å². The third kappa shape index (κ3) is 5.45. The molecule has 2 amide bonds. The zero-order chi connectivity index (χ0) is 23.3. The van der Waals surface area contributed by atoms with Crippen molar-refractivity contribution in [3.63, 3.8) is 0 Å². The highest BCUT2D eigenvalue weighted by molar-refractivity contribution is 5.80. The van der Waals surface area contributed by atoms with E-state index in [2.05, 4.69) is 22.8 Å². The van der Waals surface area contributed by atoms with Gasteiger partial charge in [0.1, 0.15) is 6.61 Å². The minimum Gasteiger partial charge on any atom is -0.479 e. The first-order valence-electron chi connectivity index (χ1n) is 10.6. The van der Waals surface area contributed by atoms with Gasteiger partial charge in [-0.15, -0.1) is 0 Å². The molecule has 1 aliphatic rings. The van der Waals surface area contributed by atoms with Gasteiger partial charge >= 0.3 is 12.1 Å². The number of ether oxygens (including phenoxy) is 1. The van der Waals surface area contributed by atoms with Gasteiger partial charge in [-0.2, -0.15) is 0 Å². The minimum atomic E-state index is -1.67. The molecule has 0 aliphatic heterocycles. The third-order valence-electron chi connectivity index (χ3n) is 5.63. The van der Waals surface area contributed by atoms with Crippen LogP contribution in [0.3, 0.4) is 0 Å². The maximum atomic E-state index is 12.5. The molecule has 8 heteroatoms. The van der Waals surface area contributed by atoms with Gasteiger partial charge in [0.05, 0.1) is 6.54 Å². The van der Waals surface area contributed by atoms with Crippen molar-refractivity contribution in [3.8, 4) is 11.1 Å². The summed E-state index contributed by atoms with van der Waals surface area (Å²) in [6.45, 7) is 3.48. The Labute approximate surface area is 186 Å². The molecular formula is C24H28N2O6. The smallest absolute Gasteiger partial charge is 0.407 e. The Morgan fingerprint density at radius 1 is 1.00 bits per heavy atom. The van der Waals surface area contributed by atoms with E-state index in [0.717, 1.165) is 22.3 Å². The molecule has 2 aromatic rings. The van der Waals surface area contributed by atoms with Crippen molar-refractivity contribution in [2.45, 2.75) is 38.3 Å². The standard InChI is InChI=1S/C24H28N2O6/c1-14(2)20(11-22(28)25-12-21(27)23(29)30)26-24(31)32-13-19-17-9-5-3-7-15(17)16-8-4-6-10-18(16)19/h3-10,14,19-21,27H,11-13H2,1-2H3,(H,25,28)(H,26,31)(H,29,30)/t20-,21+/m1/s1. The van der Waals surface area contributed by atoms with Gasteiger partial charge in [-0.1, -0.05) is 62.4 Å². The van der Waals surface area contributed by atoms with Crippen LogP contribution in [0.25, 0.3) is 11.1 Å². The monoisotopic (exact) mass is 440 g/mol. The molecule has 0 heterocycles. The topological polar surface area (TPSA) is 125 Å². The molecule has 170 valence electrons. The second-order valence-electron chi connectivity index (χ2n) is 8.18. The van der Waals surface area contributed by atoms with Gasteiger partial charge in [0.15, 0.2) is 6.10 Å². The van der Waals surface area contributed by atoms with Crippen molar-refractivity contribution in [1.82, 2.24) is 10.6 Å². The quantitative estimate of drug-likeness (QED) is 0.475. The highest BCUT2D eigenvalue weighted by Gasteiger charge is 2.29. The van der Waals surface area contributed by atoms with E-state index in [-0.39, 0.29) is 24.9 Å². The second kappa shape index (κ2) is 10.3. The van der Waals surface area contributed by atoms with Crippen LogP contribution in [-0.2, 0) is 14.3 Å². The average molecular weight is 440 g/mol. The van der Waals surface area contributed by atoms with Crippen LogP contribution in [0.15, 0.2) is 48.5 Å². The average Bonchev–Trinajstić information content (AvgIpc) is 3.09. The molecule has 2 aromatic carbocycles. The number of carbonyl (C=O) groups is 3. The van der Waals surface area contributed by atoms with Crippen LogP contribution >= 0.6 is 0 Å². The lowest BCUT2D eigenvalue weighted by Gasteiger charge is -2.22. The van der Waals surface area contributed by atoms with Crippen LogP contribution in [0.1, 0.15) is 37.3 Å². The molecule has 0 spiro atoms. The number of benzene rings is 2. The summed E-state index contributed by atoms with van der Waals surface area (Å²) >= 11 is 0. The summed E-state index contributed by atoms with van der Waals surface area (Å²) in [4.78, 5) is 35.2. The number of hydrogen-bond acceptors (Lipinski definition) is 5. The second-order valence-corrected chi connectivity index (χ2v) is 8.18. The maximum Gasteiger partial charge on any atom is 0.407 e.